The zero-order valence-corrected chi connectivity index (χ0v) is 21.5. The molecule has 0 fully saturated rings. The summed E-state index contributed by atoms with van der Waals surface area (Å²) in [5, 5.41) is 21.0. The second kappa shape index (κ2) is 11.4. The lowest BCUT2D eigenvalue weighted by molar-refractivity contribution is 0.397. The highest BCUT2D eigenvalue weighted by atomic mass is 16.3. The van der Waals surface area contributed by atoms with E-state index < -0.39 is 0 Å². The topological polar surface area (TPSA) is 40.5 Å². The third kappa shape index (κ3) is 7.70. The number of benzene rings is 1. The fourth-order valence-corrected chi connectivity index (χ4v) is 3.52. The van der Waals surface area contributed by atoms with Crippen molar-refractivity contribution in [1.29, 1.82) is 0 Å². The summed E-state index contributed by atoms with van der Waals surface area (Å²) in [4.78, 5) is 0. The van der Waals surface area contributed by atoms with Gasteiger partial charge in [0.15, 0.2) is 0 Å². The molecule has 0 heterocycles. The number of allylic oxidation sites excluding steroid dienone is 5. The van der Waals surface area contributed by atoms with E-state index in [9.17, 15) is 10.2 Å². The van der Waals surface area contributed by atoms with Crippen LogP contribution in [0.2, 0.25) is 0 Å². The number of aliphatic hydroxyl groups is 1. The summed E-state index contributed by atoms with van der Waals surface area (Å²) in [5.74, 6) is 1.25. The lowest BCUT2D eigenvalue weighted by Crippen LogP contribution is -2.15. The van der Waals surface area contributed by atoms with E-state index in [-0.39, 0.29) is 16.7 Å². The average molecular weight is 415 g/mol. The van der Waals surface area contributed by atoms with Gasteiger partial charge in [0, 0.05) is 5.92 Å². The molecule has 2 nitrogen and oxygen atoms in total. The maximum Gasteiger partial charge on any atom is 0.119 e. The van der Waals surface area contributed by atoms with Crippen LogP contribution in [0, 0.1) is 18.3 Å². The molecule has 0 aliphatic rings. The summed E-state index contributed by atoms with van der Waals surface area (Å²) in [6, 6.07) is 4.04. The highest BCUT2D eigenvalue weighted by Gasteiger charge is 2.24. The van der Waals surface area contributed by atoms with Crippen molar-refractivity contribution in [1.82, 2.24) is 0 Å². The standard InChI is InChI=1S/C26H40O2.C2H6/c1-11-12-23(27)21(25(5,6)7)14-13-19(17(2)3)20-16-22(26(8,9)10)24(28)15-18(20)4;1-2/h11-17,19,27-28H,1-10H3;1-2H3/b12-11+,14-13+,23-21-;. The number of hydrogen-bond acceptors (Lipinski definition) is 2. The van der Waals surface area contributed by atoms with Crippen LogP contribution in [0.25, 0.3) is 0 Å². The van der Waals surface area contributed by atoms with Gasteiger partial charge in [-0.1, -0.05) is 93.5 Å². The summed E-state index contributed by atoms with van der Waals surface area (Å²) >= 11 is 0. The Kier molecular flexibility index (Phi) is 10.7. The molecule has 2 heteroatoms. The van der Waals surface area contributed by atoms with Crippen LogP contribution in [0.1, 0.15) is 98.8 Å². The minimum atomic E-state index is -0.164. The second-order valence-electron chi connectivity index (χ2n) is 10.2. The van der Waals surface area contributed by atoms with Gasteiger partial charge in [-0.05, 0) is 65.0 Å². The van der Waals surface area contributed by atoms with Crippen LogP contribution < -0.4 is 0 Å². The first-order valence-corrected chi connectivity index (χ1v) is 11.3. The van der Waals surface area contributed by atoms with Gasteiger partial charge in [0.25, 0.3) is 0 Å². The van der Waals surface area contributed by atoms with E-state index in [0.29, 0.717) is 17.4 Å². The summed E-state index contributed by atoms with van der Waals surface area (Å²) in [5.41, 5.74) is 3.92. The van der Waals surface area contributed by atoms with Crippen LogP contribution in [-0.2, 0) is 5.41 Å². The molecule has 0 spiro atoms. The van der Waals surface area contributed by atoms with Gasteiger partial charge in [0.1, 0.15) is 11.5 Å². The molecule has 0 bridgehead atoms. The van der Waals surface area contributed by atoms with Gasteiger partial charge in [0.05, 0.1) is 0 Å². The Hall–Kier alpha value is -1.96. The lowest BCUT2D eigenvalue weighted by atomic mass is 9.78. The number of hydrogen-bond donors (Lipinski definition) is 2. The Morgan fingerprint density at radius 3 is 1.90 bits per heavy atom. The predicted octanol–water partition coefficient (Wildman–Crippen LogP) is 8.75. The molecule has 170 valence electrons. The first kappa shape index (κ1) is 28.0. The highest BCUT2D eigenvalue weighted by Crippen LogP contribution is 2.38. The van der Waals surface area contributed by atoms with Crippen molar-refractivity contribution >= 4 is 0 Å². The second-order valence-corrected chi connectivity index (χ2v) is 10.2. The molecule has 1 aromatic rings. The minimum absolute atomic E-state index is 0.127. The fraction of sp³-hybridized carbons (Fsp3) is 0.571. The maximum absolute atomic E-state index is 10.5. The molecule has 0 aliphatic heterocycles. The van der Waals surface area contributed by atoms with E-state index in [1.165, 1.54) is 5.56 Å². The molecule has 1 rings (SSSR count). The normalized spacial score (nSPS) is 14.7. The number of aliphatic hydroxyl groups excluding tert-OH is 1. The summed E-state index contributed by atoms with van der Waals surface area (Å²) < 4.78 is 0. The number of aromatic hydroxyl groups is 1. The van der Waals surface area contributed by atoms with E-state index in [0.717, 1.165) is 16.7 Å². The maximum atomic E-state index is 10.5. The Balaban J connectivity index is 0.00000407. The molecular formula is C28H46O2. The Morgan fingerprint density at radius 2 is 1.50 bits per heavy atom. The zero-order valence-electron chi connectivity index (χ0n) is 21.5. The summed E-state index contributed by atoms with van der Waals surface area (Å²) in [7, 11) is 0. The SMILES string of the molecule is C/C=C/C(O)=C(\C=C\C(c1cc(C(C)(C)C)c(O)cc1C)C(C)C)C(C)(C)C.CC. The Bertz CT molecular complexity index is 763. The molecule has 2 N–H and O–H groups in total. The van der Waals surface area contributed by atoms with Gasteiger partial charge < -0.3 is 10.2 Å². The molecule has 1 atom stereocenters. The molecule has 30 heavy (non-hydrogen) atoms. The Morgan fingerprint density at radius 1 is 0.967 bits per heavy atom. The van der Waals surface area contributed by atoms with Crippen molar-refractivity contribution in [3.05, 3.63) is 64.5 Å². The van der Waals surface area contributed by atoms with Crippen molar-refractivity contribution in [2.75, 3.05) is 0 Å². The molecule has 0 aliphatic carbocycles. The first-order chi connectivity index (χ1) is 13.7. The lowest BCUT2D eigenvalue weighted by Gasteiger charge is -2.27. The zero-order chi connectivity index (χ0) is 23.9. The monoisotopic (exact) mass is 414 g/mol. The van der Waals surface area contributed by atoms with Gasteiger partial charge >= 0.3 is 0 Å². The van der Waals surface area contributed by atoms with Crippen molar-refractivity contribution < 1.29 is 10.2 Å². The van der Waals surface area contributed by atoms with Gasteiger partial charge in [0.2, 0.25) is 0 Å². The number of phenols is 1. The predicted molar refractivity (Wildman–Crippen MR) is 134 cm³/mol. The van der Waals surface area contributed by atoms with Crippen molar-refractivity contribution in [3.8, 4) is 5.75 Å². The highest BCUT2D eigenvalue weighted by molar-refractivity contribution is 5.47. The van der Waals surface area contributed by atoms with E-state index in [1.807, 2.05) is 32.9 Å². The van der Waals surface area contributed by atoms with Crippen LogP contribution in [0.15, 0.2) is 47.8 Å². The van der Waals surface area contributed by atoms with Gasteiger partial charge in [-0.3, -0.25) is 0 Å². The molecule has 0 aromatic heterocycles. The molecule has 0 saturated carbocycles. The van der Waals surface area contributed by atoms with Crippen LogP contribution in [0.5, 0.6) is 5.75 Å². The van der Waals surface area contributed by atoms with Crippen molar-refractivity contribution in [2.45, 2.75) is 94.4 Å². The van der Waals surface area contributed by atoms with E-state index in [1.54, 1.807) is 6.08 Å². The number of phenolic OH excluding ortho intramolecular Hbond substituents is 1. The van der Waals surface area contributed by atoms with Crippen molar-refractivity contribution in [3.63, 3.8) is 0 Å². The number of aryl methyl sites for hydroxylation is 1. The summed E-state index contributed by atoms with van der Waals surface area (Å²) in [6.45, 7) is 25.1. The molecule has 0 amide bonds. The van der Waals surface area contributed by atoms with Crippen LogP contribution in [0.3, 0.4) is 0 Å². The third-order valence-corrected chi connectivity index (χ3v) is 5.15. The van der Waals surface area contributed by atoms with Crippen LogP contribution >= 0.6 is 0 Å². The molecular weight excluding hydrogens is 368 g/mol. The first-order valence-electron chi connectivity index (χ1n) is 11.3. The van der Waals surface area contributed by atoms with E-state index in [2.05, 4.69) is 80.5 Å². The summed E-state index contributed by atoms with van der Waals surface area (Å²) in [6.07, 6.45) is 7.88. The van der Waals surface area contributed by atoms with Crippen LogP contribution in [0.4, 0.5) is 0 Å². The number of rotatable bonds is 5. The molecule has 0 radical (unpaired) electrons. The Labute approximate surface area is 186 Å². The quantitative estimate of drug-likeness (QED) is 0.373. The smallest absolute Gasteiger partial charge is 0.119 e. The molecule has 0 saturated heterocycles. The van der Waals surface area contributed by atoms with Gasteiger partial charge in [-0.25, -0.2) is 0 Å². The largest absolute Gasteiger partial charge is 0.508 e. The van der Waals surface area contributed by atoms with E-state index in [4.69, 9.17) is 0 Å². The van der Waals surface area contributed by atoms with Gasteiger partial charge in [-0.2, -0.15) is 0 Å². The van der Waals surface area contributed by atoms with E-state index >= 15 is 0 Å². The van der Waals surface area contributed by atoms with Crippen molar-refractivity contribution in [2.24, 2.45) is 11.3 Å². The average Bonchev–Trinajstić information content (AvgIpc) is 2.59. The van der Waals surface area contributed by atoms with Gasteiger partial charge in [-0.15, -0.1) is 0 Å². The third-order valence-electron chi connectivity index (χ3n) is 5.15. The van der Waals surface area contributed by atoms with Crippen LogP contribution in [-0.4, -0.2) is 10.2 Å². The molecule has 1 aromatic carbocycles. The molecule has 1 unspecified atom stereocenters. The minimum Gasteiger partial charge on any atom is -0.508 e. The fourth-order valence-electron chi connectivity index (χ4n) is 3.52.